The lowest BCUT2D eigenvalue weighted by Crippen LogP contribution is -2.41. The van der Waals surface area contributed by atoms with Crippen LogP contribution in [0.3, 0.4) is 0 Å². The number of hydrogen-bond acceptors (Lipinski definition) is 4. The van der Waals surface area contributed by atoms with E-state index in [0.717, 1.165) is 25.1 Å². The van der Waals surface area contributed by atoms with Gasteiger partial charge in [-0.3, -0.25) is 14.6 Å². The standard InChI is InChI=1S/C21H18N4O2/c26-20(23-17-5-2-1-3-6-17)19-14-22-13-18(24-19)15-7-9-16(10-8-15)21(27)25-11-4-12-25/h1-3,5-10,13-14H,4,11-12H2,(H,23,26). The third kappa shape index (κ3) is 3.69. The van der Waals surface area contributed by atoms with Crippen LogP contribution < -0.4 is 5.32 Å². The average molecular weight is 358 g/mol. The van der Waals surface area contributed by atoms with Gasteiger partial charge in [-0.25, -0.2) is 4.98 Å². The summed E-state index contributed by atoms with van der Waals surface area (Å²) in [5, 5.41) is 2.79. The maximum Gasteiger partial charge on any atom is 0.275 e. The highest BCUT2D eigenvalue weighted by Gasteiger charge is 2.21. The van der Waals surface area contributed by atoms with E-state index in [4.69, 9.17) is 0 Å². The van der Waals surface area contributed by atoms with Crippen molar-refractivity contribution in [2.45, 2.75) is 6.42 Å². The van der Waals surface area contributed by atoms with Gasteiger partial charge in [-0.05, 0) is 30.7 Å². The lowest BCUT2D eigenvalue weighted by Gasteiger charge is -2.30. The molecule has 2 heterocycles. The van der Waals surface area contributed by atoms with Crippen molar-refractivity contribution < 1.29 is 9.59 Å². The van der Waals surface area contributed by atoms with Gasteiger partial charge in [0.15, 0.2) is 0 Å². The van der Waals surface area contributed by atoms with Crippen LogP contribution in [0.15, 0.2) is 67.0 Å². The lowest BCUT2D eigenvalue weighted by atomic mass is 10.1. The Morgan fingerprint density at radius 2 is 1.67 bits per heavy atom. The number of rotatable bonds is 4. The Bertz CT molecular complexity index is 967. The Kier molecular flexibility index (Phi) is 4.61. The highest BCUT2D eigenvalue weighted by molar-refractivity contribution is 6.03. The Hall–Kier alpha value is -3.54. The number of hydrogen-bond donors (Lipinski definition) is 1. The molecule has 0 aliphatic carbocycles. The maximum absolute atomic E-state index is 12.4. The molecule has 0 bridgehead atoms. The first-order valence-electron chi connectivity index (χ1n) is 8.79. The summed E-state index contributed by atoms with van der Waals surface area (Å²) in [6.07, 6.45) is 4.10. The first-order valence-corrected chi connectivity index (χ1v) is 8.79. The molecule has 1 N–H and O–H groups in total. The van der Waals surface area contributed by atoms with Crippen LogP contribution in [0.25, 0.3) is 11.3 Å². The van der Waals surface area contributed by atoms with Crippen molar-refractivity contribution in [1.29, 1.82) is 0 Å². The molecule has 6 heteroatoms. The van der Waals surface area contributed by atoms with Crippen molar-refractivity contribution in [2.75, 3.05) is 18.4 Å². The zero-order chi connectivity index (χ0) is 18.6. The molecule has 0 radical (unpaired) electrons. The second-order valence-electron chi connectivity index (χ2n) is 6.33. The molecule has 3 aromatic rings. The first kappa shape index (κ1) is 16.9. The predicted octanol–water partition coefficient (Wildman–Crippen LogP) is 3.24. The van der Waals surface area contributed by atoms with E-state index in [1.807, 2.05) is 47.4 Å². The molecule has 1 aliphatic rings. The number of benzene rings is 2. The summed E-state index contributed by atoms with van der Waals surface area (Å²) in [6, 6.07) is 16.4. The zero-order valence-electron chi connectivity index (χ0n) is 14.6. The Balaban J connectivity index is 1.51. The fourth-order valence-corrected chi connectivity index (χ4v) is 2.82. The predicted molar refractivity (Wildman–Crippen MR) is 102 cm³/mol. The van der Waals surface area contributed by atoms with E-state index < -0.39 is 0 Å². The summed E-state index contributed by atoms with van der Waals surface area (Å²) in [4.78, 5) is 35.0. The summed E-state index contributed by atoms with van der Waals surface area (Å²) in [5.41, 5.74) is 2.97. The second-order valence-corrected chi connectivity index (χ2v) is 6.33. The first-order chi connectivity index (χ1) is 13.2. The van der Waals surface area contributed by atoms with Crippen molar-refractivity contribution in [3.63, 3.8) is 0 Å². The summed E-state index contributed by atoms with van der Waals surface area (Å²) >= 11 is 0. The van der Waals surface area contributed by atoms with E-state index in [0.29, 0.717) is 16.9 Å². The quantitative estimate of drug-likeness (QED) is 0.777. The van der Waals surface area contributed by atoms with Crippen molar-refractivity contribution in [3.05, 3.63) is 78.2 Å². The fourth-order valence-electron chi connectivity index (χ4n) is 2.82. The molecule has 134 valence electrons. The molecule has 0 saturated carbocycles. The van der Waals surface area contributed by atoms with E-state index in [-0.39, 0.29) is 17.5 Å². The van der Waals surface area contributed by atoms with Gasteiger partial charge in [-0.15, -0.1) is 0 Å². The number of nitrogens with one attached hydrogen (secondary N) is 1. The molecule has 6 nitrogen and oxygen atoms in total. The third-order valence-electron chi connectivity index (χ3n) is 4.47. The molecule has 0 spiro atoms. The smallest absolute Gasteiger partial charge is 0.275 e. The van der Waals surface area contributed by atoms with Gasteiger partial charge >= 0.3 is 0 Å². The molecule has 0 atom stereocenters. The summed E-state index contributed by atoms with van der Waals surface area (Å²) < 4.78 is 0. The number of aromatic nitrogens is 2. The highest BCUT2D eigenvalue weighted by Crippen LogP contribution is 2.19. The monoisotopic (exact) mass is 358 g/mol. The van der Waals surface area contributed by atoms with E-state index in [9.17, 15) is 9.59 Å². The fraction of sp³-hybridized carbons (Fsp3) is 0.143. The normalized spacial score (nSPS) is 13.0. The second kappa shape index (κ2) is 7.37. The Labute approximate surface area is 156 Å². The van der Waals surface area contributed by atoms with E-state index in [1.165, 1.54) is 6.20 Å². The molecule has 2 amide bonds. The van der Waals surface area contributed by atoms with Gasteiger partial charge in [0.05, 0.1) is 18.1 Å². The van der Waals surface area contributed by atoms with Crippen LogP contribution in [-0.2, 0) is 0 Å². The summed E-state index contributed by atoms with van der Waals surface area (Å²) in [5.74, 6) is -0.269. The van der Waals surface area contributed by atoms with Gasteiger partial charge in [0, 0.05) is 29.9 Å². The molecule has 1 aliphatic heterocycles. The number of likely N-dealkylation sites (tertiary alicyclic amines) is 1. The van der Waals surface area contributed by atoms with Gasteiger partial charge in [0.2, 0.25) is 0 Å². The zero-order valence-corrected chi connectivity index (χ0v) is 14.6. The van der Waals surface area contributed by atoms with E-state index in [2.05, 4.69) is 15.3 Å². The minimum absolute atomic E-state index is 0.0508. The van der Waals surface area contributed by atoms with Crippen molar-refractivity contribution in [1.82, 2.24) is 14.9 Å². The summed E-state index contributed by atoms with van der Waals surface area (Å²) in [6.45, 7) is 1.65. The lowest BCUT2D eigenvalue weighted by molar-refractivity contribution is 0.0651. The van der Waals surface area contributed by atoms with Crippen LogP contribution in [-0.4, -0.2) is 39.8 Å². The molecule has 1 fully saturated rings. The Morgan fingerprint density at radius 3 is 2.33 bits per heavy atom. The molecular formula is C21H18N4O2. The minimum Gasteiger partial charge on any atom is -0.339 e. The van der Waals surface area contributed by atoms with E-state index in [1.54, 1.807) is 18.3 Å². The minimum atomic E-state index is -0.319. The third-order valence-corrected chi connectivity index (χ3v) is 4.47. The number of nitrogens with zero attached hydrogens (tertiary/aromatic N) is 3. The van der Waals surface area contributed by atoms with Gasteiger partial charge in [0.1, 0.15) is 5.69 Å². The SMILES string of the molecule is O=C(Nc1ccccc1)c1cncc(-c2ccc(C(=O)N3CCC3)cc2)n1. The Morgan fingerprint density at radius 1 is 0.926 bits per heavy atom. The number of anilines is 1. The van der Waals surface area contributed by atoms with Crippen LogP contribution in [0.4, 0.5) is 5.69 Å². The number of carbonyl (C=O) groups is 2. The number of carbonyl (C=O) groups excluding carboxylic acids is 2. The van der Waals surface area contributed by atoms with Crippen LogP contribution >= 0.6 is 0 Å². The van der Waals surface area contributed by atoms with Gasteiger partial charge in [0.25, 0.3) is 11.8 Å². The number of para-hydroxylation sites is 1. The molecule has 0 unspecified atom stereocenters. The highest BCUT2D eigenvalue weighted by atomic mass is 16.2. The van der Waals surface area contributed by atoms with Crippen molar-refractivity contribution in [2.24, 2.45) is 0 Å². The van der Waals surface area contributed by atoms with Crippen LogP contribution in [0.2, 0.25) is 0 Å². The van der Waals surface area contributed by atoms with Crippen molar-refractivity contribution in [3.8, 4) is 11.3 Å². The van der Waals surface area contributed by atoms with Gasteiger partial charge in [-0.1, -0.05) is 30.3 Å². The molecule has 1 aromatic heterocycles. The molecule has 1 saturated heterocycles. The average Bonchev–Trinajstić information content (AvgIpc) is 2.67. The van der Waals surface area contributed by atoms with E-state index >= 15 is 0 Å². The topological polar surface area (TPSA) is 75.2 Å². The van der Waals surface area contributed by atoms with Crippen LogP contribution in [0, 0.1) is 0 Å². The van der Waals surface area contributed by atoms with Crippen molar-refractivity contribution >= 4 is 17.5 Å². The molecule has 27 heavy (non-hydrogen) atoms. The van der Waals surface area contributed by atoms with Gasteiger partial charge < -0.3 is 10.2 Å². The van der Waals surface area contributed by atoms with Crippen LogP contribution in [0.5, 0.6) is 0 Å². The molecule has 4 rings (SSSR count). The maximum atomic E-state index is 12.4. The number of amides is 2. The molecule has 2 aromatic carbocycles. The largest absolute Gasteiger partial charge is 0.339 e. The van der Waals surface area contributed by atoms with Gasteiger partial charge in [-0.2, -0.15) is 0 Å². The summed E-state index contributed by atoms with van der Waals surface area (Å²) in [7, 11) is 0. The van der Waals surface area contributed by atoms with Crippen LogP contribution in [0.1, 0.15) is 27.3 Å². The molecular weight excluding hydrogens is 340 g/mol.